The Morgan fingerprint density at radius 1 is 0.463 bits per heavy atom. The smallest absolute Gasteiger partial charge is 0.113 e. The van der Waals surface area contributed by atoms with Crippen molar-refractivity contribution < 1.29 is 0 Å². The predicted molar refractivity (Wildman–Crippen MR) is 175 cm³/mol. The summed E-state index contributed by atoms with van der Waals surface area (Å²) in [6.07, 6.45) is 0. The highest BCUT2D eigenvalue weighted by atomic mass is 28.3. The first-order valence-corrected chi connectivity index (χ1v) is 17.6. The first-order chi connectivity index (χ1) is 20.1. The molecular formula is C39H29NSi. The summed E-state index contributed by atoms with van der Waals surface area (Å²) in [6, 6.07) is 52.4. The highest BCUT2D eigenvalue weighted by Crippen LogP contribution is 2.56. The van der Waals surface area contributed by atoms with Crippen molar-refractivity contribution in [3.8, 4) is 16.8 Å². The van der Waals surface area contributed by atoms with Crippen LogP contribution in [0.3, 0.4) is 0 Å². The van der Waals surface area contributed by atoms with E-state index in [9.17, 15) is 0 Å². The van der Waals surface area contributed by atoms with Crippen LogP contribution in [0, 0.1) is 0 Å². The van der Waals surface area contributed by atoms with Gasteiger partial charge < -0.3 is 4.57 Å². The molecule has 0 N–H and O–H groups in total. The van der Waals surface area contributed by atoms with E-state index in [0.29, 0.717) is 0 Å². The second-order valence-electron chi connectivity index (χ2n) is 12.1. The van der Waals surface area contributed by atoms with Crippen LogP contribution in [-0.2, 0) is 5.41 Å². The number of para-hydroxylation sites is 1. The van der Waals surface area contributed by atoms with Crippen molar-refractivity contribution in [2.45, 2.75) is 18.5 Å². The van der Waals surface area contributed by atoms with Crippen LogP contribution in [0.4, 0.5) is 0 Å². The van der Waals surface area contributed by atoms with Gasteiger partial charge in [-0.05, 0) is 68.0 Å². The van der Waals surface area contributed by atoms with Gasteiger partial charge in [-0.15, -0.1) is 0 Å². The van der Waals surface area contributed by atoms with Crippen LogP contribution in [0.1, 0.15) is 22.3 Å². The molecule has 0 amide bonds. The van der Waals surface area contributed by atoms with Gasteiger partial charge in [-0.1, -0.05) is 128 Å². The molecule has 2 heteroatoms. The van der Waals surface area contributed by atoms with Gasteiger partial charge in [0.25, 0.3) is 0 Å². The second-order valence-corrected chi connectivity index (χ2v) is 16.4. The van der Waals surface area contributed by atoms with Gasteiger partial charge in [0.1, 0.15) is 8.07 Å². The third kappa shape index (κ3) is 2.71. The SMILES string of the molecule is C[Si]1(C)c2cccc3c2-c2c1ccc1c2c2c(cccc2n1-c1ccccc1)C3(c1ccccc1)c1ccccc1. The minimum absolute atomic E-state index is 0.464. The lowest BCUT2D eigenvalue weighted by molar-refractivity contribution is 0.757. The Labute approximate surface area is 241 Å². The lowest BCUT2D eigenvalue weighted by Crippen LogP contribution is -2.49. The third-order valence-electron chi connectivity index (χ3n) is 9.85. The molecule has 1 nitrogen and oxygen atoms in total. The molecule has 0 radical (unpaired) electrons. The molecule has 0 spiro atoms. The van der Waals surface area contributed by atoms with Gasteiger partial charge in [-0.3, -0.25) is 0 Å². The zero-order chi connectivity index (χ0) is 27.3. The van der Waals surface area contributed by atoms with Crippen molar-refractivity contribution in [2.24, 2.45) is 0 Å². The Kier molecular flexibility index (Phi) is 4.48. The Morgan fingerprint density at radius 3 is 1.71 bits per heavy atom. The lowest BCUT2D eigenvalue weighted by atomic mass is 9.64. The van der Waals surface area contributed by atoms with E-state index < -0.39 is 13.5 Å². The van der Waals surface area contributed by atoms with Gasteiger partial charge in [-0.2, -0.15) is 0 Å². The van der Waals surface area contributed by atoms with Crippen molar-refractivity contribution >= 4 is 40.3 Å². The molecule has 1 aliphatic carbocycles. The number of nitrogens with zero attached hydrogens (tertiary/aromatic N) is 1. The van der Waals surface area contributed by atoms with Crippen molar-refractivity contribution in [1.29, 1.82) is 0 Å². The number of benzene rings is 6. The fourth-order valence-electron chi connectivity index (χ4n) is 8.21. The monoisotopic (exact) mass is 539 g/mol. The number of rotatable bonds is 3. The molecule has 2 aliphatic rings. The first kappa shape index (κ1) is 23.1. The molecule has 0 saturated carbocycles. The minimum atomic E-state index is -1.93. The molecule has 0 fully saturated rings. The van der Waals surface area contributed by atoms with Crippen LogP contribution < -0.4 is 10.4 Å². The topological polar surface area (TPSA) is 4.93 Å². The molecule has 41 heavy (non-hydrogen) atoms. The quantitative estimate of drug-likeness (QED) is 0.199. The van der Waals surface area contributed by atoms with Crippen molar-refractivity contribution in [1.82, 2.24) is 4.57 Å². The van der Waals surface area contributed by atoms with E-state index in [1.54, 1.807) is 10.4 Å². The summed E-state index contributed by atoms with van der Waals surface area (Å²) in [6.45, 7) is 5.08. The summed E-state index contributed by atoms with van der Waals surface area (Å²) in [5, 5.41) is 5.91. The van der Waals surface area contributed by atoms with Crippen molar-refractivity contribution in [2.75, 3.05) is 0 Å². The maximum atomic E-state index is 2.54. The first-order valence-electron chi connectivity index (χ1n) is 14.6. The molecular weight excluding hydrogens is 511 g/mol. The molecule has 1 aromatic heterocycles. The fraction of sp³-hybridized carbons (Fsp3) is 0.0769. The van der Waals surface area contributed by atoms with Gasteiger partial charge >= 0.3 is 0 Å². The average Bonchev–Trinajstić information content (AvgIpc) is 3.44. The molecule has 0 bridgehead atoms. The van der Waals surface area contributed by atoms with E-state index in [1.165, 1.54) is 60.9 Å². The zero-order valence-electron chi connectivity index (χ0n) is 23.2. The maximum Gasteiger partial charge on any atom is 0.113 e. The molecule has 7 aromatic rings. The van der Waals surface area contributed by atoms with Gasteiger partial charge in [0, 0.05) is 16.5 Å². The van der Waals surface area contributed by atoms with Crippen molar-refractivity contribution in [3.63, 3.8) is 0 Å². The number of hydrogen-bond acceptors (Lipinski definition) is 0. The Bertz CT molecular complexity index is 2120. The Morgan fingerprint density at radius 2 is 1.02 bits per heavy atom. The van der Waals surface area contributed by atoms with Crippen LogP contribution in [0.25, 0.3) is 38.6 Å². The zero-order valence-corrected chi connectivity index (χ0v) is 24.2. The molecule has 194 valence electrons. The maximum absolute atomic E-state index is 2.54. The van der Waals surface area contributed by atoms with Crippen LogP contribution >= 0.6 is 0 Å². The van der Waals surface area contributed by atoms with E-state index in [2.05, 4.69) is 157 Å². The summed E-state index contributed by atoms with van der Waals surface area (Å²) in [5.74, 6) is 0. The highest BCUT2D eigenvalue weighted by molar-refractivity contribution is 7.04. The second kappa shape index (κ2) is 7.96. The molecule has 0 saturated heterocycles. The summed E-state index contributed by atoms with van der Waals surface area (Å²) >= 11 is 0. The largest absolute Gasteiger partial charge is 0.309 e. The van der Waals surface area contributed by atoms with Crippen LogP contribution in [-0.4, -0.2) is 12.6 Å². The molecule has 2 heterocycles. The van der Waals surface area contributed by atoms with E-state index >= 15 is 0 Å². The van der Waals surface area contributed by atoms with Crippen LogP contribution in [0.2, 0.25) is 13.1 Å². The van der Waals surface area contributed by atoms with Gasteiger partial charge in [0.05, 0.1) is 16.4 Å². The van der Waals surface area contributed by atoms with Gasteiger partial charge in [0.15, 0.2) is 0 Å². The Balaban J connectivity index is 1.62. The molecule has 0 atom stereocenters. The summed E-state index contributed by atoms with van der Waals surface area (Å²) in [4.78, 5) is 0. The predicted octanol–water partition coefficient (Wildman–Crippen LogP) is 8.28. The number of hydrogen-bond donors (Lipinski definition) is 0. The summed E-state index contributed by atoms with van der Waals surface area (Å²) < 4.78 is 2.50. The van der Waals surface area contributed by atoms with Crippen molar-refractivity contribution in [3.05, 3.63) is 162 Å². The molecule has 6 aromatic carbocycles. The van der Waals surface area contributed by atoms with E-state index in [4.69, 9.17) is 0 Å². The van der Waals surface area contributed by atoms with Crippen LogP contribution in [0.15, 0.2) is 140 Å². The summed E-state index contributed by atoms with van der Waals surface area (Å²) in [7, 11) is -1.93. The highest BCUT2D eigenvalue weighted by Gasteiger charge is 2.49. The average molecular weight is 540 g/mol. The van der Waals surface area contributed by atoms with Crippen LogP contribution in [0.5, 0.6) is 0 Å². The lowest BCUT2D eigenvalue weighted by Gasteiger charge is -2.38. The normalized spacial score (nSPS) is 15.5. The number of aromatic nitrogens is 1. The molecule has 0 unspecified atom stereocenters. The standard InChI is InChI=1S/C39H29NSi/c1-41(2)33-23-13-21-30-36(33)38-34(41)25-24-32-37(38)35-29(20-12-22-31(35)40(32)28-18-10-5-11-19-28)39(30,26-14-6-3-7-15-26)27-16-8-4-9-17-27/h3-25H,1-2H3. The minimum Gasteiger partial charge on any atom is -0.309 e. The van der Waals surface area contributed by atoms with Gasteiger partial charge in [0.2, 0.25) is 0 Å². The van der Waals surface area contributed by atoms with E-state index in [0.717, 1.165) is 0 Å². The third-order valence-corrected chi connectivity index (χ3v) is 13.4. The fourth-order valence-corrected chi connectivity index (χ4v) is 11.3. The van der Waals surface area contributed by atoms with Gasteiger partial charge in [-0.25, -0.2) is 0 Å². The van der Waals surface area contributed by atoms with E-state index in [-0.39, 0.29) is 0 Å². The molecule has 9 rings (SSSR count). The van der Waals surface area contributed by atoms with E-state index in [1.807, 2.05) is 0 Å². The molecule has 1 aliphatic heterocycles. The summed E-state index contributed by atoms with van der Waals surface area (Å²) in [5.41, 5.74) is 11.7. The Hall–Kier alpha value is -4.66.